The molecule has 8 nitrogen and oxygen atoms in total. The highest BCUT2D eigenvalue weighted by Crippen LogP contribution is 2.28. The lowest BCUT2D eigenvalue weighted by Crippen LogP contribution is -2.47. The molecule has 0 saturated carbocycles. The van der Waals surface area contributed by atoms with Crippen LogP contribution in [0.5, 0.6) is 0 Å². The van der Waals surface area contributed by atoms with Gasteiger partial charge in [0.25, 0.3) is 11.8 Å². The molecule has 1 fully saturated rings. The number of anilines is 1. The molecule has 0 aromatic heterocycles. The van der Waals surface area contributed by atoms with Gasteiger partial charge in [-0.2, -0.15) is 0 Å². The number of nitrogens with zero attached hydrogens (tertiary/aromatic N) is 1. The normalized spacial score (nSPS) is 15.2. The van der Waals surface area contributed by atoms with Crippen LogP contribution in [-0.4, -0.2) is 47.4 Å². The van der Waals surface area contributed by atoms with E-state index in [9.17, 15) is 28.0 Å². The Morgan fingerprint density at radius 2 is 1.83 bits per heavy atom. The number of benzene rings is 1. The Hall–Kier alpha value is -3.04. The number of nitrogens with one attached hydrogen (secondary N) is 2. The van der Waals surface area contributed by atoms with E-state index in [1.807, 2.05) is 13.8 Å². The van der Waals surface area contributed by atoms with Crippen molar-refractivity contribution >= 4 is 29.5 Å². The summed E-state index contributed by atoms with van der Waals surface area (Å²) in [5, 5.41) is 4.73. The largest absolute Gasteiger partial charge is 0.454 e. The summed E-state index contributed by atoms with van der Waals surface area (Å²) >= 11 is 0. The van der Waals surface area contributed by atoms with Gasteiger partial charge in [-0.05, 0) is 25.0 Å². The molecule has 0 atom stereocenters. The van der Waals surface area contributed by atoms with Crippen LogP contribution in [0.4, 0.5) is 19.3 Å². The zero-order valence-electron chi connectivity index (χ0n) is 16.2. The van der Waals surface area contributed by atoms with E-state index >= 15 is 0 Å². The molecule has 29 heavy (non-hydrogen) atoms. The molecule has 0 unspecified atom stereocenters. The highest BCUT2D eigenvalue weighted by atomic mass is 19.1. The first kappa shape index (κ1) is 22.3. The van der Waals surface area contributed by atoms with Crippen LogP contribution < -0.4 is 10.6 Å². The molecule has 0 spiro atoms. The van der Waals surface area contributed by atoms with Gasteiger partial charge in [0, 0.05) is 6.07 Å². The Bertz CT molecular complexity index is 809. The standard InChI is InChI=1S/C19H23F2N3O5/c1-3-7-19(8-4-2)17(27)24(18(28)23-19)10-16(26)29-11-15(25)22-14-9-12(20)5-6-13(14)21/h5-6,9H,3-4,7-8,10-11H2,1-2H3,(H,22,25)(H,23,28). The lowest BCUT2D eigenvalue weighted by Gasteiger charge is -2.25. The van der Waals surface area contributed by atoms with Gasteiger partial charge >= 0.3 is 12.0 Å². The van der Waals surface area contributed by atoms with Crippen LogP contribution in [-0.2, 0) is 19.1 Å². The first-order chi connectivity index (χ1) is 13.7. The van der Waals surface area contributed by atoms with E-state index in [0.717, 1.165) is 23.1 Å². The maximum absolute atomic E-state index is 13.5. The number of carbonyl (C=O) groups excluding carboxylic acids is 4. The second kappa shape index (κ2) is 9.44. The Morgan fingerprint density at radius 1 is 1.17 bits per heavy atom. The van der Waals surface area contributed by atoms with E-state index in [4.69, 9.17) is 4.74 Å². The number of halogens is 2. The lowest BCUT2D eigenvalue weighted by molar-refractivity contribution is -0.150. The van der Waals surface area contributed by atoms with E-state index < -0.39 is 59.8 Å². The minimum absolute atomic E-state index is 0.399. The van der Waals surface area contributed by atoms with Gasteiger partial charge in [-0.25, -0.2) is 13.6 Å². The van der Waals surface area contributed by atoms with Gasteiger partial charge in [-0.15, -0.1) is 0 Å². The molecule has 1 heterocycles. The molecule has 158 valence electrons. The van der Waals surface area contributed by atoms with Crippen molar-refractivity contribution in [3.8, 4) is 0 Å². The SMILES string of the molecule is CCCC1(CCC)NC(=O)N(CC(=O)OCC(=O)Nc2cc(F)ccc2F)C1=O. The first-order valence-corrected chi connectivity index (χ1v) is 9.27. The molecule has 1 saturated heterocycles. The molecule has 1 aromatic rings. The fraction of sp³-hybridized carbons (Fsp3) is 0.474. The number of carbonyl (C=O) groups is 4. The molecule has 0 aliphatic carbocycles. The zero-order chi connectivity index (χ0) is 21.6. The van der Waals surface area contributed by atoms with Crippen LogP contribution in [0.15, 0.2) is 18.2 Å². The van der Waals surface area contributed by atoms with Crippen molar-refractivity contribution in [2.45, 2.75) is 45.1 Å². The van der Waals surface area contributed by atoms with E-state index in [2.05, 4.69) is 10.6 Å². The molecule has 1 aliphatic rings. The minimum atomic E-state index is -1.03. The Kier molecular flexibility index (Phi) is 7.24. The molecule has 2 N–H and O–H groups in total. The number of amides is 4. The first-order valence-electron chi connectivity index (χ1n) is 9.27. The molecule has 1 aliphatic heterocycles. The monoisotopic (exact) mass is 411 g/mol. The number of hydrogen-bond acceptors (Lipinski definition) is 5. The second-order valence-electron chi connectivity index (χ2n) is 6.74. The highest BCUT2D eigenvalue weighted by Gasteiger charge is 2.50. The van der Waals surface area contributed by atoms with Gasteiger partial charge in [0.1, 0.15) is 23.7 Å². The predicted molar refractivity (Wildman–Crippen MR) is 98.7 cm³/mol. The van der Waals surface area contributed by atoms with Gasteiger partial charge in [0.15, 0.2) is 6.61 Å². The molecular formula is C19H23F2N3O5. The van der Waals surface area contributed by atoms with Gasteiger partial charge < -0.3 is 15.4 Å². The molecule has 2 rings (SSSR count). The van der Waals surface area contributed by atoms with Gasteiger partial charge in [-0.1, -0.05) is 26.7 Å². The van der Waals surface area contributed by atoms with Crippen molar-refractivity contribution in [1.82, 2.24) is 10.2 Å². The lowest BCUT2D eigenvalue weighted by atomic mass is 9.88. The summed E-state index contributed by atoms with van der Waals surface area (Å²) in [4.78, 5) is 49.4. The van der Waals surface area contributed by atoms with E-state index in [1.54, 1.807) is 0 Å². The Labute approximate surface area is 166 Å². The number of hydrogen-bond donors (Lipinski definition) is 2. The third-order valence-corrected chi connectivity index (χ3v) is 4.45. The number of ether oxygens (including phenoxy) is 1. The third-order valence-electron chi connectivity index (χ3n) is 4.45. The zero-order valence-corrected chi connectivity index (χ0v) is 16.2. The van der Waals surface area contributed by atoms with Crippen molar-refractivity contribution < 1.29 is 32.7 Å². The maximum atomic E-state index is 13.5. The summed E-state index contributed by atoms with van der Waals surface area (Å²) in [6.45, 7) is 2.33. The van der Waals surface area contributed by atoms with Crippen molar-refractivity contribution in [3.05, 3.63) is 29.8 Å². The average molecular weight is 411 g/mol. The number of imide groups is 1. The Morgan fingerprint density at radius 3 is 2.45 bits per heavy atom. The third kappa shape index (κ3) is 5.27. The van der Waals surface area contributed by atoms with Crippen molar-refractivity contribution in [1.29, 1.82) is 0 Å². The predicted octanol–water partition coefficient (Wildman–Crippen LogP) is 2.34. The van der Waals surface area contributed by atoms with Crippen molar-refractivity contribution in [3.63, 3.8) is 0 Å². The second-order valence-corrected chi connectivity index (χ2v) is 6.74. The molecule has 0 bridgehead atoms. The number of esters is 1. The van der Waals surface area contributed by atoms with Crippen molar-refractivity contribution in [2.75, 3.05) is 18.5 Å². The summed E-state index contributed by atoms with van der Waals surface area (Å²) in [7, 11) is 0. The van der Waals surface area contributed by atoms with Crippen LogP contribution >= 0.6 is 0 Å². The van der Waals surface area contributed by atoms with Crippen LogP contribution in [0.1, 0.15) is 39.5 Å². The molecule has 1 aromatic carbocycles. The summed E-state index contributed by atoms with van der Waals surface area (Å²) in [5.41, 5.74) is -1.43. The van der Waals surface area contributed by atoms with Crippen LogP contribution in [0.2, 0.25) is 0 Å². The molecule has 10 heteroatoms. The van der Waals surface area contributed by atoms with E-state index in [0.29, 0.717) is 25.7 Å². The van der Waals surface area contributed by atoms with Gasteiger partial charge in [0.05, 0.1) is 5.69 Å². The summed E-state index contributed by atoms with van der Waals surface area (Å²) in [5.74, 6) is -3.98. The maximum Gasteiger partial charge on any atom is 0.326 e. The average Bonchev–Trinajstić information content (AvgIpc) is 2.88. The Balaban J connectivity index is 1.91. The fourth-order valence-electron chi connectivity index (χ4n) is 3.24. The minimum Gasteiger partial charge on any atom is -0.454 e. The summed E-state index contributed by atoms with van der Waals surface area (Å²) < 4.78 is 31.4. The highest BCUT2D eigenvalue weighted by molar-refractivity contribution is 6.08. The van der Waals surface area contributed by atoms with Crippen LogP contribution in [0, 0.1) is 11.6 Å². The van der Waals surface area contributed by atoms with Crippen LogP contribution in [0.25, 0.3) is 0 Å². The van der Waals surface area contributed by atoms with Crippen LogP contribution in [0.3, 0.4) is 0 Å². The summed E-state index contributed by atoms with van der Waals surface area (Å²) in [6.07, 6.45) is 2.22. The molecular weight excluding hydrogens is 388 g/mol. The fourth-order valence-corrected chi connectivity index (χ4v) is 3.24. The number of rotatable bonds is 9. The molecule has 0 radical (unpaired) electrons. The van der Waals surface area contributed by atoms with Gasteiger partial charge in [-0.3, -0.25) is 19.3 Å². The number of urea groups is 1. The smallest absolute Gasteiger partial charge is 0.326 e. The van der Waals surface area contributed by atoms with Crippen molar-refractivity contribution in [2.24, 2.45) is 0 Å². The topological polar surface area (TPSA) is 105 Å². The summed E-state index contributed by atoms with van der Waals surface area (Å²) in [6, 6.07) is 1.82. The quantitative estimate of drug-likeness (QED) is 0.479. The van der Waals surface area contributed by atoms with E-state index in [-0.39, 0.29) is 0 Å². The van der Waals surface area contributed by atoms with Gasteiger partial charge in [0.2, 0.25) is 0 Å². The molecule has 4 amide bonds. The van der Waals surface area contributed by atoms with E-state index in [1.165, 1.54) is 0 Å².